The predicted molar refractivity (Wildman–Crippen MR) is 317 cm³/mol. The van der Waals surface area contributed by atoms with Gasteiger partial charge in [-0.25, -0.2) is 9.59 Å². The zero-order valence-corrected chi connectivity index (χ0v) is 54.2. The fraction of sp³-hybridized carbons (Fsp3) is 0.965. The zero-order valence-electron chi connectivity index (χ0n) is 54.2. The molecule has 0 heterocycles. The highest BCUT2D eigenvalue weighted by Crippen LogP contribution is 2.25. The van der Waals surface area contributed by atoms with Crippen molar-refractivity contribution < 1.29 is 182 Å². The maximum atomic E-state index is 13.2. The Bertz CT molecular complexity index is 1740. The normalized spacial score (nSPS) is 18.3. The number of esters is 2. The molecule has 18 N–H and O–H groups in total. The minimum absolute atomic E-state index is 0.199. The van der Waals surface area contributed by atoms with Crippen LogP contribution in [-0.4, -0.2) is 426 Å². The molecular formula is C57H112O37. The Kier molecular flexibility index (Phi) is 56.9. The van der Waals surface area contributed by atoms with Crippen molar-refractivity contribution in [2.75, 3.05) is 218 Å². The van der Waals surface area contributed by atoms with Gasteiger partial charge in [0.1, 0.15) is 97.7 Å². The Morgan fingerprint density at radius 3 is 0.894 bits per heavy atom. The highest BCUT2D eigenvalue weighted by molar-refractivity contribution is 5.80. The maximum absolute atomic E-state index is 13.2. The Hall–Kier alpha value is -2.38. The molecular weight excluding hydrogens is 1280 g/mol. The van der Waals surface area contributed by atoms with Crippen molar-refractivity contribution in [1.29, 1.82) is 0 Å². The lowest BCUT2D eigenvalue weighted by Crippen LogP contribution is -2.42. The SMILES string of the molecule is CCC(COCC(O)COCC(O)CO)(COCC(COCC(COCC(O)COCC(O)CO)OCC(COCC(O)CO)OCC(O)CO)OCC(CO)OCC(CO)OCC(O)CO)COCC(COCC(CO)OCC(O)CO)OC(=O)C(C)OC(=O)C(C)O. The van der Waals surface area contributed by atoms with Crippen molar-refractivity contribution in [3.05, 3.63) is 0 Å². The van der Waals surface area contributed by atoms with Crippen LogP contribution in [0, 0.1) is 5.41 Å². The molecule has 0 aliphatic heterocycles. The summed E-state index contributed by atoms with van der Waals surface area (Å²) in [6.45, 7) is -8.60. The maximum Gasteiger partial charge on any atom is 0.347 e. The quantitative estimate of drug-likeness (QED) is 0.0251. The van der Waals surface area contributed by atoms with E-state index >= 15 is 0 Å². The lowest BCUT2D eigenvalue weighted by Gasteiger charge is -2.34. The van der Waals surface area contributed by atoms with Gasteiger partial charge in [-0.3, -0.25) is 0 Å². The summed E-state index contributed by atoms with van der Waals surface area (Å²) in [6.07, 6.45) is -20.1. The van der Waals surface area contributed by atoms with Gasteiger partial charge in [-0.2, -0.15) is 0 Å². The van der Waals surface area contributed by atoms with E-state index in [1.54, 1.807) is 6.92 Å². The molecule has 37 heteroatoms. The van der Waals surface area contributed by atoms with Crippen LogP contribution in [0.3, 0.4) is 0 Å². The smallest absolute Gasteiger partial charge is 0.347 e. The number of ether oxygens (including phenoxy) is 17. The predicted octanol–water partition coefficient (Wildman–Crippen LogP) is -10.1. The summed E-state index contributed by atoms with van der Waals surface area (Å²) in [5.74, 6) is -2.19. The minimum atomic E-state index is -1.58. The number of rotatable bonds is 68. The lowest BCUT2D eigenvalue weighted by atomic mass is 9.88. The first kappa shape index (κ1) is 91.6. The molecule has 94 heavy (non-hydrogen) atoms. The van der Waals surface area contributed by atoms with E-state index in [4.69, 9.17) is 90.7 Å². The summed E-state index contributed by atoms with van der Waals surface area (Å²) in [7, 11) is 0. The van der Waals surface area contributed by atoms with Gasteiger partial charge in [0.2, 0.25) is 0 Å². The molecule has 0 rings (SSSR count). The summed E-state index contributed by atoms with van der Waals surface area (Å²) in [4.78, 5) is 25.4. The van der Waals surface area contributed by atoms with Crippen molar-refractivity contribution in [2.45, 2.75) is 131 Å². The summed E-state index contributed by atoms with van der Waals surface area (Å²) >= 11 is 0. The van der Waals surface area contributed by atoms with Crippen LogP contribution >= 0.6 is 0 Å². The molecule has 0 aliphatic carbocycles. The number of aliphatic hydroxyl groups excluding tert-OH is 18. The van der Waals surface area contributed by atoms with E-state index in [0.29, 0.717) is 0 Å². The third-order valence-electron chi connectivity index (χ3n) is 12.8. The molecule has 0 bridgehead atoms. The Morgan fingerprint density at radius 2 is 0.521 bits per heavy atom. The first-order valence-corrected chi connectivity index (χ1v) is 30.9. The number of aliphatic hydroxyl groups is 18. The number of hydrogen-bond donors (Lipinski definition) is 18. The largest absolute Gasteiger partial charge is 0.455 e. The van der Waals surface area contributed by atoms with Crippen LogP contribution in [0.5, 0.6) is 0 Å². The summed E-state index contributed by atoms with van der Waals surface area (Å²) < 4.78 is 97.3. The van der Waals surface area contributed by atoms with Gasteiger partial charge >= 0.3 is 11.9 Å². The van der Waals surface area contributed by atoms with E-state index in [2.05, 4.69) is 0 Å². The van der Waals surface area contributed by atoms with Crippen molar-refractivity contribution in [3.63, 3.8) is 0 Å². The van der Waals surface area contributed by atoms with E-state index in [0.717, 1.165) is 6.92 Å². The van der Waals surface area contributed by atoms with Gasteiger partial charge < -0.3 is 172 Å². The van der Waals surface area contributed by atoms with E-state index in [1.165, 1.54) is 6.92 Å². The average Bonchev–Trinajstić information content (AvgIpc) is 1.32. The molecule has 0 aliphatic rings. The highest BCUT2D eigenvalue weighted by atomic mass is 16.6. The van der Waals surface area contributed by atoms with E-state index in [-0.39, 0.29) is 152 Å². The van der Waals surface area contributed by atoms with Crippen LogP contribution in [-0.2, 0) is 90.1 Å². The van der Waals surface area contributed by atoms with E-state index in [1.807, 2.05) is 0 Å². The van der Waals surface area contributed by atoms with Crippen LogP contribution in [0.2, 0.25) is 0 Å². The number of carbonyl (C=O) groups excluding carboxylic acids is 2. The van der Waals surface area contributed by atoms with Gasteiger partial charge in [-0.15, -0.1) is 0 Å². The number of carbonyl (C=O) groups is 2. The topological polar surface area (TPSA) is 555 Å². The van der Waals surface area contributed by atoms with Crippen LogP contribution in [0.15, 0.2) is 0 Å². The molecule has 0 saturated carbocycles. The van der Waals surface area contributed by atoms with E-state index in [9.17, 15) is 91.3 Å². The fourth-order valence-corrected chi connectivity index (χ4v) is 7.14. The summed E-state index contributed by atoms with van der Waals surface area (Å²) in [5, 5.41) is 175. The van der Waals surface area contributed by atoms with Crippen LogP contribution in [0.4, 0.5) is 0 Å². The van der Waals surface area contributed by atoms with Crippen molar-refractivity contribution in [2.24, 2.45) is 5.41 Å². The molecule has 562 valence electrons. The second-order valence-electron chi connectivity index (χ2n) is 22.0. The number of hydrogen-bond acceptors (Lipinski definition) is 37. The molecule has 18 unspecified atom stereocenters. The van der Waals surface area contributed by atoms with Crippen LogP contribution < -0.4 is 0 Å². The van der Waals surface area contributed by atoms with Gasteiger partial charge in [-0.1, -0.05) is 6.92 Å². The Balaban J connectivity index is 7.12. The molecule has 0 saturated heterocycles. The fourth-order valence-electron chi connectivity index (χ4n) is 7.14. The highest BCUT2D eigenvalue weighted by Gasteiger charge is 2.33. The molecule has 0 radical (unpaired) electrons. The molecule has 18 atom stereocenters. The van der Waals surface area contributed by atoms with Crippen molar-refractivity contribution >= 4 is 11.9 Å². The average molecular weight is 1390 g/mol. The van der Waals surface area contributed by atoms with Crippen LogP contribution in [0.1, 0.15) is 27.2 Å². The monoisotopic (exact) mass is 1390 g/mol. The first-order chi connectivity index (χ1) is 45.0. The minimum Gasteiger partial charge on any atom is -0.455 e. The summed E-state index contributed by atoms with van der Waals surface area (Å²) in [5.41, 5.74) is -1.15. The molecule has 0 spiro atoms. The molecule has 0 aromatic carbocycles. The standard InChI is InChI=1S/C57H112O37/c1-4-57(35-84-20-47(75)18-79-15-41(69)6-59,37-86-31-54(94-56(77)39(3)93-55(76)38(2)67)30-82-24-48(11-64)87-21-43(71)8-61)36-85-29-52(91-33-50(13-66)90-32-49(12-65)88-22-44(72)9-62)27-83-26-51(25-81-19-46(74)17-78-14-40(68)5-58)92-34-53(89-23-45(73)10-63)28-80-16-42(70)7-60/h38-54,58-75H,4-37H2,1-3H3. The third-order valence-corrected chi connectivity index (χ3v) is 12.8. The molecule has 0 fully saturated rings. The third kappa shape index (κ3) is 47.6. The van der Waals surface area contributed by atoms with Crippen LogP contribution in [0.25, 0.3) is 0 Å². The lowest BCUT2D eigenvalue weighted by molar-refractivity contribution is -0.180. The van der Waals surface area contributed by atoms with Gasteiger partial charge in [-0.05, 0) is 20.3 Å². The second kappa shape index (κ2) is 58.4. The molecule has 0 aromatic rings. The Labute approximate surface area is 547 Å². The second-order valence-corrected chi connectivity index (χ2v) is 22.0. The van der Waals surface area contributed by atoms with Crippen molar-refractivity contribution in [3.8, 4) is 0 Å². The van der Waals surface area contributed by atoms with Gasteiger partial charge in [0.25, 0.3) is 0 Å². The zero-order chi connectivity index (χ0) is 70.5. The summed E-state index contributed by atoms with van der Waals surface area (Å²) in [6, 6.07) is 0. The van der Waals surface area contributed by atoms with Crippen molar-refractivity contribution in [1.82, 2.24) is 0 Å². The molecule has 0 aromatic heterocycles. The molecule has 0 amide bonds. The Morgan fingerprint density at radius 1 is 0.277 bits per heavy atom. The molecule has 37 nitrogen and oxygen atoms in total. The van der Waals surface area contributed by atoms with Gasteiger partial charge in [0.15, 0.2) is 6.10 Å². The van der Waals surface area contributed by atoms with Gasteiger partial charge in [0, 0.05) is 5.41 Å². The van der Waals surface area contributed by atoms with E-state index < -0.39 is 194 Å². The van der Waals surface area contributed by atoms with Gasteiger partial charge in [0.05, 0.1) is 218 Å². The first-order valence-electron chi connectivity index (χ1n) is 30.9.